The van der Waals surface area contributed by atoms with E-state index in [0.29, 0.717) is 6.42 Å². The molecule has 3 aromatic carbocycles. The van der Waals surface area contributed by atoms with Gasteiger partial charge in [0.1, 0.15) is 17.9 Å². The molecule has 5 rings (SSSR count). The minimum atomic E-state index is -0.958. The number of aromatic nitrogens is 2. The number of amides is 1. The predicted octanol–water partition coefficient (Wildman–Crippen LogP) is 3.34. The molecule has 0 aliphatic carbocycles. The number of H-pyrrole nitrogens is 1. The molecular weight excluding hydrogens is 482 g/mol. The molecule has 1 saturated heterocycles. The molecule has 1 fully saturated rings. The van der Waals surface area contributed by atoms with Crippen LogP contribution < -0.4 is 16.6 Å². The van der Waals surface area contributed by atoms with Crippen molar-refractivity contribution in [1.29, 1.82) is 0 Å². The van der Waals surface area contributed by atoms with Crippen LogP contribution in [0.25, 0.3) is 0 Å². The average molecular weight is 512 g/mol. The molecule has 0 radical (unpaired) electrons. The molecule has 1 aromatic heterocycles. The van der Waals surface area contributed by atoms with E-state index in [1.807, 2.05) is 91.0 Å². The predicted molar refractivity (Wildman–Crippen MR) is 143 cm³/mol. The monoisotopic (exact) mass is 511 g/mol. The van der Waals surface area contributed by atoms with Gasteiger partial charge in [0.2, 0.25) is 5.91 Å². The number of nitrogens with zero attached hydrogens (tertiary/aromatic N) is 1. The first-order valence-electron chi connectivity index (χ1n) is 12.5. The first-order valence-corrected chi connectivity index (χ1v) is 12.5. The van der Waals surface area contributed by atoms with Crippen LogP contribution in [-0.4, -0.2) is 34.2 Å². The summed E-state index contributed by atoms with van der Waals surface area (Å²) >= 11 is 0. The van der Waals surface area contributed by atoms with Gasteiger partial charge in [-0.3, -0.25) is 19.1 Å². The van der Waals surface area contributed by atoms with Gasteiger partial charge in [-0.05, 0) is 16.7 Å². The van der Waals surface area contributed by atoms with Gasteiger partial charge < -0.3 is 14.8 Å². The minimum Gasteiger partial charge on any atom is -0.358 e. The molecule has 1 aliphatic rings. The number of carbonyl (C=O) groups is 1. The maximum atomic E-state index is 12.4. The molecule has 38 heavy (non-hydrogen) atoms. The Morgan fingerprint density at radius 1 is 0.921 bits per heavy atom. The van der Waals surface area contributed by atoms with Crippen LogP contribution in [0.5, 0.6) is 0 Å². The normalized spacial score (nSPS) is 19.2. The van der Waals surface area contributed by atoms with E-state index >= 15 is 0 Å². The second-order valence-corrected chi connectivity index (χ2v) is 9.28. The first-order chi connectivity index (χ1) is 18.5. The minimum absolute atomic E-state index is 0.123. The topological polar surface area (TPSA) is 102 Å². The van der Waals surface area contributed by atoms with Gasteiger partial charge in [-0.2, -0.15) is 0 Å². The van der Waals surface area contributed by atoms with Crippen LogP contribution in [0.1, 0.15) is 36.3 Å². The lowest BCUT2D eigenvalue weighted by Crippen LogP contribution is -2.44. The Morgan fingerprint density at radius 2 is 1.45 bits per heavy atom. The molecule has 8 heteroatoms. The number of hydrogen-bond acceptors (Lipinski definition) is 5. The Kier molecular flexibility index (Phi) is 7.35. The average Bonchev–Trinajstić information content (AvgIpc) is 3.32. The van der Waals surface area contributed by atoms with Gasteiger partial charge in [-0.15, -0.1) is 0 Å². The van der Waals surface area contributed by atoms with Crippen molar-refractivity contribution in [1.82, 2.24) is 14.9 Å². The number of aromatic amines is 1. The van der Waals surface area contributed by atoms with Crippen molar-refractivity contribution in [3.05, 3.63) is 141 Å². The third-order valence-electron chi connectivity index (χ3n) is 6.79. The van der Waals surface area contributed by atoms with E-state index in [1.165, 1.54) is 23.8 Å². The maximum absolute atomic E-state index is 12.4. The van der Waals surface area contributed by atoms with E-state index in [4.69, 9.17) is 9.47 Å². The van der Waals surface area contributed by atoms with Crippen molar-refractivity contribution < 1.29 is 14.3 Å². The molecule has 4 aromatic rings. The number of rotatable bonds is 8. The summed E-state index contributed by atoms with van der Waals surface area (Å²) < 4.78 is 14.5. The van der Waals surface area contributed by atoms with Crippen molar-refractivity contribution in [2.75, 3.05) is 6.61 Å². The van der Waals surface area contributed by atoms with Crippen LogP contribution in [0.2, 0.25) is 0 Å². The highest BCUT2D eigenvalue weighted by Gasteiger charge is 2.42. The van der Waals surface area contributed by atoms with Crippen LogP contribution in [0.15, 0.2) is 113 Å². The van der Waals surface area contributed by atoms with Crippen molar-refractivity contribution in [2.24, 2.45) is 0 Å². The van der Waals surface area contributed by atoms with Gasteiger partial charge in [0.15, 0.2) is 0 Å². The lowest BCUT2D eigenvalue weighted by atomic mass is 9.80. The van der Waals surface area contributed by atoms with Crippen LogP contribution in [0.3, 0.4) is 0 Å². The Bertz CT molecular complexity index is 1390. The van der Waals surface area contributed by atoms with E-state index in [1.54, 1.807) is 0 Å². The van der Waals surface area contributed by atoms with E-state index in [9.17, 15) is 14.4 Å². The Morgan fingerprint density at radius 3 is 1.92 bits per heavy atom. The molecule has 0 spiro atoms. The molecule has 1 unspecified atom stereocenters. The van der Waals surface area contributed by atoms with Gasteiger partial charge in [-0.1, -0.05) is 91.0 Å². The molecule has 1 amide bonds. The highest BCUT2D eigenvalue weighted by atomic mass is 16.6. The molecule has 8 nitrogen and oxygen atoms in total. The maximum Gasteiger partial charge on any atom is 0.330 e. The molecule has 2 N–H and O–H groups in total. The summed E-state index contributed by atoms with van der Waals surface area (Å²) in [5, 5.41) is 2.95. The summed E-state index contributed by atoms with van der Waals surface area (Å²) in [7, 11) is 0. The van der Waals surface area contributed by atoms with Crippen LogP contribution in [-0.2, 0) is 19.9 Å². The van der Waals surface area contributed by atoms with Crippen molar-refractivity contribution in [3.8, 4) is 0 Å². The van der Waals surface area contributed by atoms with E-state index in [2.05, 4.69) is 10.3 Å². The van der Waals surface area contributed by atoms with Crippen molar-refractivity contribution in [2.45, 2.75) is 37.3 Å². The molecule has 194 valence electrons. The summed E-state index contributed by atoms with van der Waals surface area (Å²) in [5.74, 6) is -0.210. The second kappa shape index (κ2) is 11.0. The molecule has 2 heterocycles. The van der Waals surface area contributed by atoms with Gasteiger partial charge >= 0.3 is 5.69 Å². The van der Waals surface area contributed by atoms with Gasteiger partial charge in [0.05, 0.1) is 12.6 Å². The SMILES string of the molecule is CC(=O)NC1C[C@@H](n2ccc(=O)[nH]c2=O)O[C@H]1COC(c1ccccc1)(c1ccccc1)c1ccccc1. The highest BCUT2D eigenvalue weighted by molar-refractivity contribution is 5.73. The summed E-state index contributed by atoms with van der Waals surface area (Å²) in [6, 6.07) is 30.8. The fraction of sp³-hybridized carbons (Fsp3) is 0.233. The molecule has 3 atom stereocenters. The van der Waals surface area contributed by atoms with E-state index < -0.39 is 35.2 Å². The fourth-order valence-electron chi connectivity index (χ4n) is 5.10. The summed E-state index contributed by atoms with van der Waals surface area (Å²) in [5.41, 5.74) is 0.819. The van der Waals surface area contributed by atoms with Gasteiger partial charge in [0.25, 0.3) is 5.56 Å². The number of hydrogen-bond donors (Lipinski definition) is 2. The Balaban J connectivity index is 1.54. The highest BCUT2D eigenvalue weighted by Crippen LogP contribution is 2.41. The number of carbonyl (C=O) groups excluding carboxylic acids is 1. The zero-order chi connectivity index (χ0) is 26.5. The number of nitrogens with one attached hydrogen (secondary N) is 2. The lowest BCUT2D eigenvalue weighted by molar-refractivity contribution is -0.121. The standard InChI is InChI=1S/C30H29N3O5/c1-21(34)31-25-19-28(33-18-17-27(35)32-29(33)36)38-26(25)20-37-30(22-11-5-2-6-12-22,23-13-7-3-8-14-23)24-15-9-4-10-16-24/h2-18,25-26,28H,19-20H2,1H3,(H,31,34)(H,32,35,36)/t25?,26-,28-/m0/s1. The van der Waals surface area contributed by atoms with Crippen molar-refractivity contribution >= 4 is 5.91 Å². The van der Waals surface area contributed by atoms with Crippen LogP contribution >= 0.6 is 0 Å². The molecule has 1 aliphatic heterocycles. The third-order valence-corrected chi connectivity index (χ3v) is 6.79. The Hall–Kier alpha value is -4.27. The summed E-state index contributed by atoms with van der Waals surface area (Å²) in [4.78, 5) is 38.3. The zero-order valence-electron chi connectivity index (χ0n) is 20.9. The largest absolute Gasteiger partial charge is 0.358 e. The first kappa shape index (κ1) is 25.4. The quantitative estimate of drug-likeness (QED) is 0.353. The second-order valence-electron chi connectivity index (χ2n) is 9.28. The smallest absolute Gasteiger partial charge is 0.330 e. The Labute approximate surface area is 219 Å². The fourth-order valence-corrected chi connectivity index (χ4v) is 5.10. The zero-order valence-corrected chi connectivity index (χ0v) is 20.9. The molecule has 0 bridgehead atoms. The summed E-state index contributed by atoms with van der Waals surface area (Å²) in [6.07, 6.45) is 0.513. The van der Waals surface area contributed by atoms with Gasteiger partial charge in [-0.25, -0.2) is 4.79 Å². The number of benzene rings is 3. The van der Waals surface area contributed by atoms with Gasteiger partial charge in [0, 0.05) is 25.6 Å². The molecular formula is C30H29N3O5. The van der Waals surface area contributed by atoms with E-state index in [-0.39, 0.29) is 12.5 Å². The summed E-state index contributed by atoms with van der Waals surface area (Å²) in [6.45, 7) is 1.57. The van der Waals surface area contributed by atoms with Crippen LogP contribution in [0, 0.1) is 0 Å². The molecule has 0 saturated carbocycles. The number of ether oxygens (including phenoxy) is 2. The lowest BCUT2D eigenvalue weighted by Gasteiger charge is -2.37. The van der Waals surface area contributed by atoms with E-state index in [0.717, 1.165) is 16.7 Å². The third kappa shape index (κ3) is 5.09. The van der Waals surface area contributed by atoms with Crippen molar-refractivity contribution in [3.63, 3.8) is 0 Å². The van der Waals surface area contributed by atoms with Crippen LogP contribution in [0.4, 0.5) is 0 Å².